The van der Waals surface area contributed by atoms with Crippen molar-refractivity contribution in [2.45, 2.75) is 5.16 Å². The Balaban J connectivity index is 1.78. The molecular formula is C17H12N6O4S. The number of benzene rings is 1. The highest BCUT2D eigenvalue weighted by atomic mass is 32.2. The predicted octanol–water partition coefficient (Wildman–Crippen LogP) is 2.55. The largest absolute Gasteiger partial charge is 0.511 e. The molecular weight excluding hydrogens is 384 g/mol. The van der Waals surface area contributed by atoms with Crippen molar-refractivity contribution in [2.75, 3.05) is 6.26 Å². The molecule has 0 saturated heterocycles. The Hall–Kier alpha value is -3.73. The average Bonchev–Trinajstić information content (AvgIpc) is 3.11. The van der Waals surface area contributed by atoms with Crippen LogP contribution in [0.15, 0.2) is 46.5 Å². The Morgan fingerprint density at radius 3 is 2.82 bits per heavy atom. The number of hydrogen-bond acceptors (Lipinski definition) is 8. The third kappa shape index (κ3) is 3.42. The summed E-state index contributed by atoms with van der Waals surface area (Å²) in [7, 11) is 0. The van der Waals surface area contributed by atoms with Crippen LogP contribution >= 0.6 is 11.8 Å². The molecule has 3 N–H and O–H groups in total. The number of nitrogens with zero attached hydrogens (tertiary/aromatic N) is 4. The molecule has 0 bridgehead atoms. The molecule has 0 unspecified atom stereocenters. The minimum atomic E-state index is -1.41. The fraction of sp³-hybridized carbons (Fsp3) is 0.0588. The summed E-state index contributed by atoms with van der Waals surface area (Å²) in [6, 6.07) is 7.84. The molecule has 0 fully saturated rings. The summed E-state index contributed by atoms with van der Waals surface area (Å²) < 4.78 is 4.63. The highest BCUT2D eigenvalue weighted by Crippen LogP contribution is 2.24. The van der Waals surface area contributed by atoms with Crippen molar-refractivity contribution in [2.24, 2.45) is 0 Å². The quantitative estimate of drug-likeness (QED) is 0.205. The molecule has 28 heavy (non-hydrogen) atoms. The van der Waals surface area contributed by atoms with E-state index in [0.29, 0.717) is 33.4 Å². The van der Waals surface area contributed by atoms with Crippen LogP contribution < -0.4 is 10.3 Å². The molecule has 3 heterocycles. The summed E-state index contributed by atoms with van der Waals surface area (Å²) in [5.41, 5.74) is 1.94. The molecule has 0 aliphatic heterocycles. The van der Waals surface area contributed by atoms with E-state index in [1.54, 1.807) is 24.4 Å². The lowest BCUT2D eigenvalue weighted by molar-refractivity contribution is 0.144. The Bertz CT molecular complexity index is 1250. The molecule has 1 aromatic carbocycles. The number of hydrogen-bond donors (Lipinski definition) is 3. The van der Waals surface area contributed by atoms with E-state index in [-0.39, 0.29) is 11.3 Å². The molecule has 0 saturated carbocycles. The zero-order valence-corrected chi connectivity index (χ0v) is 15.1. The summed E-state index contributed by atoms with van der Waals surface area (Å²) >= 11 is 1.40. The van der Waals surface area contributed by atoms with Gasteiger partial charge >= 0.3 is 6.16 Å². The second kappa shape index (κ2) is 7.12. The molecule has 3 aromatic heterocycles. The number of thioether (sulfide) groups is 1. The van der Waals surface area contributed by atoms with Gasteiger partial charge in [0.15, 0.2) is 5.16 Å². The van der Waals surface area contributed by atoms with Crippen molar-refractivity contribution < 1.29 is 14.6 Å². The molecule has 0 amide bonds. The van der Waals surface area contributed by atoms with Gasteiger partial charge in [0.1, 0.15) is 17.3 Å². The number of rotatable bonds is 4. The van der Waals surface area contributed by atoms with E-state index < -0.39 is 11.7 Å². The first-order valence-electron chi connectivity index (χ1n) is 7.91. The molecule has 140 valence electrons. The van der Waals surface area contributed by atoms with Crippen molar-refractivity contribution in [1.29, 1.82) is 0 Å². The summed E-state index contributed by atoms with van der Waals surface area (Å²) in [5.74, 6) is 0.455. The monoisotopic (exact) mass is 396 g/mol. The van der Waals surface area contributed by atoms with Crippen molar-refractivity contribution in [3.8, 4) is 28.5 Å². The second-order valence-electron chi connectivity index (χ2n) is 5.56. The summed E-state index contributed by atoms with van der Waals surface area (Å²) in [6.07, 6.45) is 2.07. The number of aromatic nitrogens is 6. The van der Waals surface area contributed by atoms with Gasteiger partial charge in [-0.05, 0) is 30.5 Å². The zero-order valence-electron chi connectivity index (χ0n) is 14.3. The SMILES string of the molecule is CSc1nccc(-c2cc(-c3nc4ccc(OC(=O)O)cc4[nH]3)c(=O)[nH]n2)n1. The second-order valence-corrected chi connectivity index (χ2v) is 6.33. The lowest BCUT2D eigenvalue weighted by Gasteiger charge is -2.02. The Morgan fingerprint density at radius 1 is 1.18 bits per heavy atom. The average molecular weight is 396 g/mol. The maximum absolute atomic E-state index is 12.3. The van der Waals surface area contributed by atoms with E-state index in [0.717, 1.165) is 0 Å². The van der Waals surface area contributed by atoms with E-state index in [1.807, 2.05) is 6.26 Å². The van der Waals surface area contributed by atoms with Gasteiger partial charge in [0.25, 0.3) is 5.56 Å². The van der Waals surface area contributed by atoms with E-state index in [4.69, 9.17) is 5.11 Å². The van der Waals surface area contributed by atoms with Crippen LogP contribution in [0.3, 0.4) is 0 Å². The van der Waals surface area contributed by atoms with Crippen LogP contribution in [0.2, 0.25) is 0 Å². The van der Waals surface area contributed by atoms with E-state index in [1.165, 1.54) is 23.9 Å². The fourth-order valence-electron chi connectivity index (χ4n) is 2.58. The van der Waals surface area contributed by atoms with Crippen LogP contribution in [0, 0.1) is 0 Å². The highest BCUT2D eigenvalue weighted by Gasteiger charge is 2.14. The van der Waals surface area contributed by atoms with Crippen LogP contribution in [0.5, 0.6) is 5.75 Å². The number of fused-ring (bicyclic) bond motifs is 1. The van der Waals surface area contributed by atoms with Gasteiger partial charge in [0.05, 0.1) is 22.3 Å². The Morgan fingerprint density at radius 2 is 2.04 bits per heavy atom. The number of H-pyrrole nitrogens is 2. The van der Waals surface area contributed by atoms with Crippen LogP contribution in [-0.2, 0) is 0 Å². The van der Waals surface area contributed by atoms with E-state index in [9.17, 15) is 9.59 Å². The molecule has 0 aliphatic carbocycles. The highest BCUT2D eigenvalue weighted by molar-refractivity contribution is 7.98. The fourth-order valence-corrected chi connectivity index (χ4v) is 2.93. The molecule has 0 atom stereocenters. The van der Waals surface area contributed by atoms with Crippen LogP contribution in [0.4, 0.5) is 4.79 Å². The summed E-state index contributed by atoms with van der Waals surface area (Å²) in [6.45, 7) is 0. The standard InChI is InChI=1S/C17H12N6O4S/c1-28-16-18-5-4-11(21-16)13-7-9(15(24)23-22-13)14-19-10-3-2-8(27-17(25)26)6-12(10)20-14/h2-7H,1H3,(H,19,20)(H,23,24)(H,25,26). The summed E-state index contributed by atoms with van der Waals surface area (Å²) in [4.78, 5) is 38.9. The van der Waals surface area contributed by atoms with Gasteiger partial charge in [-0.2, -0.15) is 5.10 Å². The number of carbonyl (C=O) groups is 1. The lowest BCUT2D eigenvalue weighted by atomic mass is 10.2. The third-order valence-electron chi connectivity index (χ3n) is 3.80. The molecule has 4 aromatic rings. The van der Waals surface area contributed by atoms with Crippen LogP contribution in [-0.4, -0.2) is 47.7 Å². The van der Waals surface area contributed by atoms with Crippen LogP contribution in [0.1, 0.15) is 0 Å². The van der Waals surface area contributed by atoms with Gasteiger partial charge in [0, 0.05) is 12.3 Å². The van der Waals surface area contributed by atoms with Crippen LogP contribution in [0.25, 0.3) is 33.8 Å². The molecule has 0 aliphatic rings. The maximum Gasteiger partial charge on any atom is 0.511 e. The number of aromatic amines is 2. The smallest absolute Gasteiger partial charge is 0.449 e. The first-order valence-corrected chi connectivity index (χ1v) is 9.14. The minimum Gasteiger partial charge on any atom is -0.449 e. The first kappa shape index (κ1) is 17.7. The van der Waals surface area contributed by atoms with Gasteiger partial charge in [-0.25, -0.2) is 24.8 Å². The normalized spacial score (nSPS) is 10.9. The van der Waals surface area contributed by atoms with Gasteiger partial charge in [-0.1, -0.05) is 11.8 Å². The summed E-state index contributed by atoms with van der Waals surface area (Å²) in [5, 5.41) is 15.8. The van der Waals surface area contributed by atoms with Gasteiger partial charge in [-0.3, -0.25) is 4.79 Å². The molecule has 0 spiro atoms. The van der Waals surface area contributed by atoms with Gasteiger partial charge < -0.3 is 14.8 Å². The zero-order chi connectivity index (χ0) is 19.7. The Labute approximate surface area is 161 Å². The molecule has 4 rings (SSSR count). The number of carboxylic acid groups (broad SMARTS) is 1. The third-order valence-corrected chi connectivity index (χ3v) is 4.36. The lowest BCUT2D eigenvalue weighted by Crippen LogP contribution is -2.12. The van der Waals surface area contributed by atoms with Crippen molar-refractivity contribution in [3.05, 3.63) is 46.9 Å². The molecule has 11 heteroatoms. The van der Waals surface area contributed by atoms with Crippen molar-refractivity contribution in [3.63, 3.8) is 0 Å². The van der Waals surface area contributed by atoms with E-state index >= 15 is 0 Å². The minimum absolute atomic E-state index is 0.144. The van der Waals surface area contributed by atoms with E-state index in [2.05, 4.69) is 34.9 Å². The molecule has 10 nitrogen and oxygen atoms in total. The topological polar surface area (TPSA) is 147 Å². The van der Waals surface area contributed by atoms with Gasteiger partial charge in [-0.15, -0.1) is 0 Å². The number of nitrogens with one attached hydrogen (secondary N) is 2. The van der Waals surface area contributed by atoms with Gasteiger partial charge in [0.2, 0.25) is 0 Å². The van der Waals surface area contributed by atoms with Crippen molar-refractivity contribution in [1.82, 2.24) is 30.1 Å². The number of imidazole rings is 1. The Kier molecular flexibility index (Phi) is 4.49. The van der Waals surface area contributed by atoms with Crippen molar-refractivity contribution >= 4 is 29.0 Å². The predicted molar refractivity (Wildman–Crippen MR) is 101 cm³/mol. The molecule has 0 radical (unpaired) electrons. The first-order chi connectivity index (χ1) is 13.5. The number of ether oxygens (including phenoxy) is 1. The maximum atomic E-state index is 12.3.